The first kappa shape index (κ1) is 19.2. The lowest BCUT2D eigenvalue weighted by Gasteiger charge is -2.19. The molecule has 138 valence electrons. The maximum absolute atomic E-state index is 12.1. The van der Waals surface area contributed by atoms with E-state index in [4.69, 9.17) is 9.47 Å². The summed E-state index contributed by atoms with van der Waals surface area (Å²) in [7, 11) is 0. The van der Waals surface area contributed by atoms with E-state index in [0.717, 1.165) is 11.3 Å². The highest BCUT2D eigenvalue weighted by atomic mass is 16.6. The Balaban J connectivity index is 1.88. The fraction of sp³-hybridized carbons (Fsp3) is 0.316. The van der Waals surface area contributed by atoms with Gasteiger partial charge in [-0.15, -0.1) is 0 Å². The molecule has 0 saturated carbocycles. The summed E-state index contributed by atoms with van der Waals surface area (Å²) in [6, 6.07) is 15.0. The van der Waals surface area contributed by atoms with Crippen LogP contribution >= 0.6 is 0 Å². The van der Waals surface area contributed by atoms with E-state index in [2.05, 4.69) is 15.6 Å². The van der Waals surface area contributed by atoms with Gasteiger partial charge in [-0.3, -0.25) is 4.98 Å². The number of pyridine rings is 1. The molecule has 0 saturated heterocycles. The SMILES string of the molecule is CCOC(=O)NCCOC(=O)NC(Cc1ccccn1)c1ccccc1. The molecule has 1 unspecified atom stereocenters. The Morgan fingerprint density at radius 2 is 1.81 bits per heavy atom. The molecule has 0 radical (unpaired) electrons. The molecule has 0 fully saturated rings. The van der Waals surface area contributed by atoms with E-state index in [1.165, 1.54) is 0 Å². The first-order valence-corrected chi connectivity index (χ1v) is 8.47. The Morgan fingerprint density at radius 3 is 2.50 bits per heavy atom. The number of ether oxygens (including phenoxy) is 2. The highest BCUT2D eigenvalue weighted by Gasteiger charge is 2.16. The Bertz CT molecular complexity index is 680. The van der Waals surface area contributed by atoms with Crippen molar-refractivity contribution in [3.8, 4) is 0 Å². The summed E-state index contributed by atoms with van der Waals surface area (Å²) in [5.41, 5.74) is 1.82. The third kappa shape index (κ3) is 6.80. The number of carbonyl (C=O) groups excluding carboxylic acids is 2. The zero-order valence-corrected chi connectivity index (χ0v) is 14.7. The average molecular weight is 357 g/mol. The summed E-state index contributed by atoms with van der Waals surface area (Å²) in [6.45, 7) is 2.24. The number of nitrogens with zero attached hydrogens (tertiary/aromatic N) is 1. The molecule has 0 spiro atoms. The van der Waals surface area contributed by atoms with Gasteiger partial charge in [-0.2, -0.15) is 0 Å². The normalized spacial score (nSPS) is 11.3. The molecule has 1 aromatic heterocycles. The van der Waals surface area contributed by atoms with E-state index in [9.17, 15) is 9.59 Å². The minimum atomic E-state index is -0.555. The van der Waals surface area contributed by atoms with Gasteiger partial charge in [0.2, 0.25) is 0 Å². The third-order valence-electron chi connectivity index (χ3n) is 3.51. The molecule has 0 aliphatic rings. The predicted molar refractivity (Wildman–Crippen MR) is 96.6 cm³/mol. The molecule has 0 aliphatic carbocycles. The van der Waals surface area contributed by atoms with Gasteiger partial charge in [0.05, 0.1) is 19.2 Å². The van der Waals surface area contributed by atoms with Crippen LogP contribution in [0.25, 0.3) is 0 Å². The molecule has 0 aliphatic heterocycles. The number of hydrogen-bond acceptors (Lipinski definition) is 5. The topological polar surface area (TPSA) is 89.5 Å². The minimum absolute atomic E-state index is 0.0513. The van der Waals surface area contributed by atoms with E-state index >= 15 is 0 Å². The van der Waals surface area contributed by atoms with Crippen LogP contribution in [-0.2, 0) is 15.9 Å². The maximum atomic E-state index is 12.1. The van der Waals surface area contributed by atoms with Crippen molar-refractivity contribution >= 4 is 12.2 Å². The van der Waals surface area contributed by atoms with Crippen molar-refractivity contribution in [2.45, 2.75) is 19.4 Å². The lowest BCUT2D eigenvalue weighted by molar-refractivity contribution is 0.132. The Kier molecular flexibility index (Phi) is 7.92. The molecule has 0 bridgehead atoms. The number of alkyl carbamates (subject to hydrolysis) is 2. The van der Waals surface area contributed by atoms with E-state index in [1.54, 1.807) is 13.1 Å². The molecule has 2 aromatic rings. The lowest BCUT2D eigenvalue weighted by atomic mass is 10.0. The van der Waals surface area contributed by atoms with Crippen molar-refractivity contribution in [3.05, 3.63) is 66.0 Å². The van der Waals surface area contributed by atoms with Crippen molar-refractivity contribution in [3.63, 3.8) is 0 Å². The van der Waals surface area contributed by atoms with Crippen LogP contribution in [0.3, 0.4) is 0 Å². The van der Waals surface area contributed by atoms with E-state index < -0.39 is 12.2 Å². The van der Waals surface area contributed by atoms with Crippen molar-refractivity contribution in [1.29, 1.82) is 0 Å². The Morgan fingerprint density at radius 1 is 1.04 bits per heavy atom. The van der Waals surface area contributed by atoms with Gasteiger partial charge < -0.3 is 20.1 Å². The van der Waals surface area contributed by atoms with Gasteiger partial charge in [-0.25, -0.2) is 9.59 Å². The van der Waals surface area contributed by atoms with Crippen molar-refractivity contribution in [2.75, 3.05) is 19.8 Å². The third-order valence-corrected chi connectivity index (χ3v) is 3.51. The van der Waals surface area contributed by atoms with Crippen LogP contribution in [0, 0.1) is 0 Å². The minimum Gasteiger partial charge on any atom is -0.450 e. The van der Waals surface area contributed by atoms with Gasteiger partial charge in [0, 0.05) is 18.3 Å². The molecule has 26 heavy (non-hydrogen) atoms. The maximum Gasteiger partial charge on any atom is 0.407 e. The standard InChI is InChI=1S/C19H23N3O4/c1-2-25-18(23)21-12-13-26-19(24)22-17(15-8-4-3-5-9-15)14-16-10-6-7-11-20-16/h3-11,17H,2,12-14H2,1H3,(H,21,23)(H,22,24). The summed E-state index contributed by atoms with van der Waals surface area (Å²) in [6.07, 6.45) is 1.17. The van der Waals surface area contributed by atoms with Crippen LogP contribution in [0.2, 0.25) is 0 Å². The molecule has 7 nitrogen and oxygen atoms in total. The monoisotopic (exact) mass is 357 g/mol. The van der Waals surface area contributed by atoms with Crippen LogP contribution in [0.4, 0.5) is 9.59 Å². The summed E-state index contributed by atoms with van der Waals surface area (Å²) < 4.78 is 9.84. The smallest absolute Gasteiger partial charge is 0.407 e. The molecule has 1 atom stereocenters. The largest absolute Gasteiger partial charge is 0.450 e. The number of carbonyl (C=O) groups is 2. The first-order chi connectivity index (χ1) is 12.7. The van der Waals surface area contributed by atoms with Crippen molar-refractivity contribution in [2.24, 2.45) is 0 Å². The van der Waals surface area contributed by atoms with Crippen LogP contribution in [-0.4, -0.2) is 36.9 Å². The molecule has 2 amide bonds. The van der Waals surface area contributed by atoms with Crippen molar-refractivity contribution in [1.82, 2.24) is 15.6 Å². The molecule has 2 rings (SSSR count). The summed E-state index contributed by atoms with van der Waals surface area (Å²) in [5.74, 6) is 0. The second-order valence-corrected chi connectivity index (χ2v) is 5.42. The van der Waals surface area contributed by atoms with Gasteiger partial charge in [-0.05, 0) is 24.6 Å². The van der Waals surface area contributed by atoms with Gasteiger partial charge in [-0.1, -0.05) is 36.4 Å². The first-order valence-electron chi connectivity index (χ1n) is 8.47. The fourth-order valence-electron chi connectivity index (χ4n) is 2.33. The highest BCUT2D eigenvalue weighted by Crippen LogP contribution is 2.17. The number of hydrogen-bond donors (Lipinski definition) is 2. The second-order valence-electron chi connectivity index (χ2n) is 5.42. The second kappa shape index (κ2) is 10.7. The number of amides is 2. The summed E-state index contributed by atoms with van der Waals surface area (Å²) in [4.78, 5) is 27.6. The number of aromatic nitrogens is 1. The summed E-state index contributed by atoms with van der Waals surface area (Å²) >= 11 is 0. The zero-order chi connectivity index (χ0) is 18.6. The van der Waals surface area contributed by atoms with Crippen LogP contribution in [0.1, 0.15) is 24.2 Å². The Hall–Kier alpha value is -3.09. The lowest BCUT2D eigenvalue weighted by Crippen LogP contribution is -2.34. The van der Waals surface area contributed by atoms with E-state index in [-0.39, 0.29) is 19.2 Å². The van der Waals surface area contributed by atoms with Crippen molar-refractivity contribution < 1.29 is 19.1 Å². The quantitative estimate of drug-likeness (QED) is 0.709. The van der Waals surface area contributed by atoms with Gasteiger partial charge in [0.1, 0.15) is 6.61 Å². The molecule has 7 heteroatoms. The number of nitrogens with one attached hydrogen (secondary N) is 2. The molecular weight excluding hydrogens is 334 g/mol. The van der Waals surface area contributed by atoms with Crippen LogP contribution < -0.4 is 10.6 Å². The van der Waals surface area contributed by atoms with Gasteiger partial charge >= 0.3 is 12.2 Å². The average Bonchev–Trinajstić information content (AvgIpc) is 2.66. The fourth-order valence-corrected chi connectivity index (χ4v) is 2.33. The van der Waals surface area contributed by atoms with E-state index in [0.29, 0.717) is 13.0 Å². The van der Waals surface area contributed by atoms with Crippen LogP contribution in [0.15, 0.2) is 54.7 Å². The number of benzene rings is 1. The predicted octanol–water partition coefficient (Wildman–Crippen LogP) is 2.84. The van der Waals surface area contributed by atoms with Gasteiger partial charge in [0.15, 0.2) is 0 Å². The molecule has 1 aromatic carbocycles. The van der Waals surface area contributed by atoms with E-state index in [1.807, 2.05) is 48.5 Å². The molecule has 1 heterocycles. The zero-order valence-electron chi connectivity index (χ0n) is 14.7. The highest BCUT2D eigenvalue weighted by molar-refractivity contribution is 5.68. The summed E-state index contributed by atoms with van der Waals surface area (Å²) in [5, 5.41) is 5.34. The van der Waals surface area contributed by atoms with Gasteiger partial charge in [0.25, 0.3) is 0 Å². The van der Waals surface area contributed by atoms with Crippen LogP contribution in [0.5, 0.6) is 0 Å². The molecular formula is C19H23N3O4. The number of rotatable bonds is 8. The molecule has 2 N–H and O–H groups in total. The Labute approximate surface area is 152 Å².